The van der Waals surface area contributed by atoms with Crippen molar-refractivity contribution < 1.29 is 13.0 Å². The molecule has 1 rings (SSSR count). The lowest BCUT2D eigenvalue weighted by Crippen LogP contribution is -1.88. The molecule has 0 unspecified atom stereocenters. The molecule has 0 spiro atoms. The zero-order valence-electron chi connectivity index (χ0n) is 6.21. The van der Waals surface area contributed by atoms with Gasteiger partial charge in [0.15, 0.2) is 17.4 Å². The molecule has 70 valence electrons. The second-order valence-corrected chi connectivity index (χ2v) is 3.53. The van der Waals surface area contributed by atoms with Crippen LogP contribution in [0.3, 0.4) is 0 Å². The van der Waals surface area contributed by atoms with E-state index in [1.54, 1.807) is 24.3 Å². The lowest BCUT2D eigenvalue weighted by Gasteiger charge is -1.89. The van der Waals surface area contributed by atoms with Crippen molar-refractivity contribution in [1.29, 1.82) is 0 Å². The Morgan fingerprint density at radius 2 is 1.69 bits per heavy atom. The summed E-state index contributed by atoms with van der Waals surface area (Å²) in [5.41, 5.74) is 0.732. The maximum atomic E-state index is 10.3. The predicted molar refractivity (Wildman–Crippen MR) is 57.0 cm³/mol. The first-order chi connectivity index (χ1) is 5.58. The topological polar surface area (TPSA) is 54.4 Å². The minimum atomic E-state index is -4.00. The fraction of sp³-hybridized carbons (Fsp3) is 0. The van der Waals surface area contributed by atoms with E-state index in [9.17, 15) is 8.42 Å². The Morgan fingerprint density at radius 3 is 2.15 bits per heavy atom. The van der Waals surface area contributed by atoms with Crippen molar-refractivity contribution in [3.05, 3.63) is 41.3 Å². The molecular weight excluding hydrogens is 203 g/mol. The Hall–Kier alpha value is -0.598. The average molecular weight is 214 g/mol. The molecule has 1 aromatic carbocycles. The van der Waals surface area contributed by atoms with Crippen LogP contribution in [0.25, 0.3) is 6.08 Å². The molecule has 0 aromatic heterocycles. The van der Waals surface area contributed by atoms with Gasteiger partial charge in [0.2, 0.25) is 0 Å². The molecule has 0 aliphatic rings. The van der Waals surface area contributed by atoms with Crippen LogP contribution in [-0.2, 0) is 10.1 Å². The van der Waals surface area contributed by atoms with Gasteiger partial charge in [-0.15, -0.1) is 0 Å². The third kappa shape index (κ3) is 5.61. The molecule has 1 aromatic rings. The van der Waals surface area contributed by atoms with E-state index in [1.165, 1.54) is 6.08 Å². The highest BCUT2D eigenvalue weighted by Gasteiger charge is 1.94. The summed E-state index contributed by atoms with van der Waals surface area (Å²) in [7, 11) is -4.00. The first kappa shape index (κ1) is 12.4. The molecule has 0 atom stereocenters. The monoisotopic (exact) mass is 214 g/mol. The molecular formula is C8H11AlO3S. The minimum Gasteiger partial charge on any atom is -0.282 e. The van der Waals surface area contributed by atoms with Crippen LogP contribution in [0.4, 0.5) is 0 Å². The molecule has 0 aliphatic heterocycles. The quantitative estimate of drug-likeness (QED) is 0.571. The summed E-state index contributed by atoms with van der Waals surface area (Å²) in [6.45, 7) is 0. The van der Waals surface area contributed by atoms with E-state index in [0.29, 0.717) is 0 Å². The molecule has 3 nitrogen and oxygen atoms in total. The van der Waals surface area contributed by atoms with Crippen LogP contribution in [0, 0.1) is 0 Å². The highest BCUT2D eigenvalue weighted by Crippen LogP contribution is 2.01. The van der Waals surface area contributed by atoms with E-state index in [-0.39, 0.29) is 17.4 Å². The van der Waals surface area contributed by atoms with E-state index >= 15 is 0 Å². The van der Waals surface area contributed by atoms with Crippen molar-refractivity contribution in [2.75, 3.05) is 0 Å². The van der Waals surface area contributed by atoms with Crippen LogP contribution in [0.5, 0.6) is 0 Å². The van der Waals surface area contributed by atoms with Crippen LogP contribution < -0.4 is 0 Å². The summed E-state index contributed by atoms with van der Waals surface area (Å²) in [5, 5.41) is 0.752. The van der Waals surface area contributed by atoms with E-state index in [4.69, 9.17) is 4.55 Å². The van der Waals surface area contributed by atoms with Crippen LogP contribution >= 0.6 is 0 Å². The number of hydrogen-bond acceptors (Lipinski definition) is 2. The zero-order chi connectivity index (χ0) is 9.03. The van der Waals surface area contributed by atoms with E-state index in [2.05, 4.69) is 0 Å². The van der Waals surface area contributed by atoms with Gasteiger partial charge in [0.25, 0.3) is 10.1 Å². The summed E-state index contributed by atoms with van der Waals surface area (Å²) in [5.74, 6) is 0. The molecule has 13 heavy (non-hydrogen) atoms. The smallest absolute Gasteiger partial charge is 0.282 e. The standard InChI is InChI=1S/C8H8O3S.Al.3H/c9-12(10,11)7-6-8-4-2-1-3-5-8;;;;/h1-7H,(H,9,10,11);;;;. The Bertz CT molecular complexity index is 370. The van der Waals surface area contributed by atoms with Crippen molar-refractivity contribution in [3.8, 4) is 0 Å². The van der Waals surface area contributed by atoms with Gasteiger partial charge in [-0.25, -0.2) is 0 Å². The Kier molecular flexibility index (Phi) is 4.96. The van der Waals surface area contributed by atoms with E-state index in [1.807, 2.05) is 6.07 Å². The molecule has 5 heteroatoms. The van der Waals surface area contributed by atoms with Gasteiger partial charge in [0, 0.05) is 0 Å². The summed E-state index contributed by atoms with van der Waals surface area (Å²) in [6, 6.07) is 8.86. The van der Waals surface area contributed by atoms with Crippen molar-refractivity contribution >= 4 is 33.6 Å². The van der Waals surface area contributed by atoms with Gasteiger partial charge < -0.3 is 0 Å². The van der Waals surface area contributed by atoms with Crippen LogP contribution in [0.1, 0.15) is 5.56 Å². The molecule has 1 N–H and O–H groups in total. The highest BCUT2D eigenvalue weighted by molar-refractivity contribution is 7.88. The van der Waals surface area contributed by atoms with Crippen LogP contribution in [0.2, 0.25) is 0 Å². The Balaban J connectivity index is 0.00000144. The Morgan fingerprint density at radius 1 is 1.15 bits per heavy atom. The lowest BCUT2D eigenvalue weighted by atomic mass is 10.2. The van der Waals surface area contributed by atoms with Crippen LogP contribution in [-0.4, -0.2) is 30.3 Å². The normalized spacial score (nSPS) is 11.2. The zero-order valence-corrected chi connectivity index (χ0v) is 7.03. The fourth-order valence-electron chi connectivity index (χ4n) is 0.729. The van der Waals surface area contributed by atoms with Gasteiger partial charge in [-0.2, -0.15) is 8.42 Å². The summed E-state index contributed by atoms with van der Waals surface area (Å²) in [4.78, 5) is 0. The van der Waals surface area contributed by atoms with Crippen LogP contribution in [0.15, 0.2) is 35.7 Å². The largest absolute Gasteiger partial charge is 0.287 e. The van der Waals surface area contributed by atoms with Crippen molar-refractivity contribution in [1.82, 2.24) is 0 Å². The lowest BCUT2D eigenvalue weighted by molar-refractivity contribution is 0.494. The first-order valence-corrected chi connectivity index (χ1v) is 4.79. The third-order valence-corrected chi connectivity index (χ3v) is 1.71. The maximum Gasteiger partial charge on any atom is 0.287 e. The maximum absolute atomic E-state index is 10.3. The predicted octanol–water partition coefficient (Wildman–Crippen LogP) is 0.361. The first-order valence-electron chi connectivity index (χ1n) is 3.28. The molecule has 0 saturated carbocycles. The van der Waals surface area contributed by atoms with Gasteiger partial charge in [-0.3, -0.25) is 4.55 Å². The van der Waals surface area contributed by atoms with Crippen molar-refractivity contribution in [2.24, 2.45) is 0 Å². The highest BCUT2D eigenvalue weighted by atomic mass is 32.2. The molecule has 0 saturated heterocycles. The minimum absolute atomic E-state index is 0. The van der Waals surface area contributed by atoms with Gasteiger partial charge in [0.05, 0.1) is 5.41 Å². The molecule has 0 heterocycles. The summed E-state index contributed by atoms with van der Waals surface area (Å²) < 4.78 is 28.9. The Labute approximate surface area is 88.0 Å². The van der Waals surface area contributed by atoms with E-state index < -0.39 is 10.1 Å². The number of rotatable bonds is 2. The molecule has 0 radical (unpaired) electrons. The second-order valence-electron chi connectivity index (χ2n) is 2.23. The second kappa shape index (κ2) is 5.20. The SMILES string of the molecule is O=S(=O)(O)C=Cc1ccccc1.[AlH3]. The van der Waals surface area contributed by atoms with Crippen molar-refractivity contribution in [3.63, 3.8) is 0 Å². The molecule has 0 fully saturated rings. The van der Waals surface area contributed by atoms with Gasteiger partial charge in [-0.1, -0.05) is 30.3 Å². The summed E-state index contributed by atoms with van der Waals surface area (Å²) in [6.07, 6.45) is 1.33. The van der Waals surface area contributed by atoms with Gasteiger partial charge in [-0.05, 0) is 11.6 Å². The van der Waals surface area contributed by atoms with E-state index in [0.717, 1.165) is 11.0 Å². The van der Waals surface area contributed by atoms with Crippen molar-refractivity contribution in [2.45, 2.75) is 0 Å². The van der Waals surface area contributed by atoms with Gasteiger partial charge >= 0.3 is 0 Å². The molecule has 0 amide bonds. The molecule has 0 aliphatic carbocycles. The van der Waals surface area contributed by atoms with Gasteiger partial charge in [0.1, 0.15) is 0 Å². The fourth-order valence-corrected chi connectivity index (χ4v) is 1.06. The third-order valence-electron chi connectivity index (χ3n) is 1.23. The average Bonchev–Trinajstić information content (AvgIpc) is 2.02. The summed E-state index contributed by atoms with van der Waals surface area (Å²) >= 11 is 0. The molecule has 0 bridgehead atoms. The number of hydrogen-bond donors (Lipinski definition) is 1. The number of benzene rings is 1.